The molecular weight excluding hydrogens is 312 g/mol. The zero-order valence-corrected chi connectivity index (χ0v) is 15.0. The van der Waals surface area contributed by atoms with Gasteiger partial charge in [-0.1, -0.05) is 31.7 Å². The van der Waals surface area contributed by atoms with Crippen LogP contribution in [0.5, 0.6) is 0 Å². The third-order valence-corrected chi connectivity index (χ3v) is 7.59. The van der Waals surface area contributed by atoms with Crippen LogP contribution >= 0.6 is 0 Å². The van der Waals surface area contributed by atoms with E-state index < -0.39 is 5.60 Å². The van der Waals surface area contributed by atoms with Crippen molar-refractivity contribution in [3.05, 3.63) is 42.0 Å². The summed E-state index contributed by atoms with van der Waals surface area (Å²) in [7, 11) is 0. The van der Waals surface area contributed by atoms with Crippen molar-refractivity contribution in [1.82, 2.24) is 4.90 Å². The molecule has 5 unspecified atom stereocenters. The van der Waals surface area contributed by atoms with E-state index in [1.54, 1.807) is 6.92 Å². The van der Waals surface area contributed by atoms with Crippen LogP contribution in [0.15, 0.2) is 36.4 Å². The molecule has 1 N–H and O–H groups in total. The fourth-order valence-corrected chi connectivity index (χ4v) is 6.55. The van der Waals surface area contributed by atoms with E-state index in [-0.39, 0.29) is 23.3 Å². The molecule has 4 nitrogen and oxygen atoms in total. The molecule has 1 aromatic carbocycles. The van der Waals surface area contributed by atoms with Crippen LogP contribution in [0.4, 0.5) is 5.69 Å². The summed E-state index contributed by atoms with van der Waals surface area (Å²) in [5, 5.41) is 11.3. The number of para-hydroxylation sites is 1. The summed E-state index contributed by atoms with van der Waals surface area (Å²) in [6.07, 6.45) is 2.72. The highest BCUT2D eigenvalue weighted by Crippen LogP contribution is 2.63. The molecule has 132 valence electrons. The van der Waals surface area contributed by atoms with Gasteiger partial charge < -0.3 is 10.0 Å². The van der Waals surface area contributed by atoms with Crippen molar-refractivity contribution in [3.63, 3.8) is 0 Å². The van der Waals surface area contributed by atoms with E-state index >= 15 is 0 Å². The van der Waals surface area contributed by atoms with E-state index in [1.165, 1.54) is 5.56 Å². The Balaban J connectivity index is 1.76. The second-order valence-corrected chi connectivity index (χ2v) is 8.41. The zero-order valence-electron chi connectivity index (χ0n) is 15.0. The lowest BCUT2D eigenvalue weighted by Gasteiger charge is -2.57. The lowest BCUT2D eigenvalue weighted by atomic mass is 9.55. The van der Waals surface area contributed by atoms with Gasteiger partial charge >= 0.3 is 0 Å². The quantitative estimate of drug-likeness (QED) is 0.800. The van der Waals surface area contributed by atoms with Gasteiger partial charge in [0, 0.05) is 36.5 Å². The van der Waals surface area contributed by atoms with Gasteiger partial charge in [-0.15, -0.1) is 0 Å². The first-order chi connectivity index (χ1) is 11.9. The van der Waals surface area contributed by atoms with Crippen molar-refractivity contribution in [3.8, 4) is 0 Å². The van der Waals surface area contributed by atoms with Gasteiger partial charge in [0.1, 0.15) is 0 Å². The summed E-state index contributed by atoms with van der Waals surface area (Å²) in [4.78, 5) is 17.1. The van der Waals surface area contributed by atoms with Gasteiger partial charge in [-0.05, 0) is 43.0 Å². The lowest BCUT2D eigenvalue weighted by molar-refractivity contribution is -0.118. The van der Waals surface area contributed by atoms with Crippen molar-refractivity contribution in [2.75, 3.05) is 18.0 Å². The first kappa shape index (κ1) is 15.6. The molecule has 1 aliphatic carbocycles. The zero-order chi connectivity index (χ0) is 17.6. The molecule has 3 heterocycles. The highest BCUT2D eigenvalue weighted by atomic mass is 16.3. The summed E-state index contributed by atoms with van der Waals surface area (Å²) in [5.41, 5.74) is 2.65. The second-order valence-electron chi connectivity index (χ2n) is 8.41. The first-order valence-electron chi connectivity index (χ1n) is 9.48. The molecule has 0 radical (unpaired) electrons. The molecule has 5 atom stereocenters. The summed E-state index contributed by atoms with van der Waals surface area (Å²) in [6.45, 7) is 9.92. The molecule has 3 fully saturated rings. The van der Waals surface area contributed by atoms with E-state index in [9.17, 15) is 9.90 Å². The number of carbonyl (C=O) groups is 1. The van der Waals surface area contributed by atoms with Crippen molar-refractivity contribution in [2.24, 2.45) is 5.92 Å². The number of amides is 1. The highest BCUT2D eigenvalue weighted by molar-refractivity contribution is 5.97. The Morgan fingerprint density at radius 1 is 1.40 bits per heavy atom. The van der Waals surface area contributed by atoms with Crippen LogP contribution in [0, 0.1) is 5.92 Å². The van der Waals surface area contributed by atoms with Gasteiger partial charge in [-0.25, -0.2) is 0 Å². The van der Waals surface area contributed by atoms with E-state index in [0.29, 0.717) is 6.04 Å². The molecule has 1 saturated carbocycles. The topological polar surface area (TPSA) is 43.8 Å². The second kappa shape index (κ2) is 4.74. The average Bonchev–Trinajstić information content (AvgIpc) is 3.12. The van der Waals surface area contributed by atoms with Gasteiger partial charge in [-0.3, -0.25) is 9.69 Å². The van der Waals surface area contributed by atoms with Crippen LogP contribution in [-0.4, -0.2) is 46.7 Å². The van der Waals surface area contributed by atoms with E-state index in [2.05, 4.69) is 36.6 Å². The molecule has 1 amide bonds. The van der Waals surface area contributed by atoms with Crippen LogP contribution in [0.1, 0.15) is 38.7 Å². The van der Waals surface area contributed by atoms with Gasteiger partial charge in [0.2, 0.25) is 5.91 Å². The SMILES string of the molecule is C=C1C2CC3N(CCC34c3ccccc3N(C(C)=O)C14)CC2(O)CC. The maximum absolute atomic E-state index is 12.6. The normalized spacial score (nSPS) is 41.6. The van der Waals surface area contributed by atoms with Gasteiger partial charge in [-0.2, -0.15) is 0 Å². The van der Waals surface area contributed by atoms with Crippen LogP contribution in [0.3, 0.4) is 0 Å². The maximum atomic E-state index is 12.6. The van der Waals surface area contributed by atoms with Gasteiger partial charge in [0.15, 0.2) is 0 Å². The molecule has 2 bridgehead atoms. The first-order valence-corrected chi connectivity index (χ1v) is 9.48. The standard InChI is InChI=1S/C21H26N2O2/c1-4-20(25)12-22-10-9-21-15-7-5-6-8-17(15)23(14(3)24)19(21)13(2)16(20)11-18(21)22/h5-8,16,18-19,25H,2,4,9-12H2,1,3H3. The Labute approximate surface area is 149 Å². The summed E-state index contributed by atoms with van der Waals surface area (Å²) < 4.78 is 0. The molecule has 4 heteroatoms. The minimum Gasteiger partial charge on any atom is -0.388 e. The number of nitrogens with zero attached hydrogens (tertiary/aromatic N) is 2. The predicted molar refractivity (Wildman–Crippen MR) is 97.5 cm³/mol. The minimum atomic E-state index is -0.721. The molecule has 1 aromatic rings. The maximum Gasteiger partial charge on any atom is 0.224 e. The van der Waals surface area contributed by atoms with E-state index in [1.807, 2.05) is 11.0 Å². The number of hydrogen-bond acceptors (Lipinski definition) is 3. The number of anilines is 1. The van der Waals surface area contributed by atoms with Crippen molar-refractivity contribution in [1.29, 1.82) is 0 Å². The smallest absolute Gasteiger partial charge is 0.224 e. The predicted octanol–water partition coefficient (Wildman–Crippen LogP) is 2.46. The Kier molecular flexibility index (Phi) is 2.96. The molecular formula is C21H26N2O2. The van der Waals surface area contributed by atoms with Crippen molar-refractivity contribution < 1.29 is 9.90 Å². The number of fused-ring (bicyclic) bond motifs is 2. The number of rotatable bonds is 1. The fraction of sp³-hybridized carbons (Fsp3) is 0.571. The minimum absolute atomic E-state index is 0.0190. The Morgan fingerprint density at radius 2 is 2.16 bits per heavy atom. The van der Waals surface area contributed by atoms with Crippen LogP contribution < -0.4 is 4.90 Å². The van der Waals surface area contributed by atoms with Crippen LogP contribution in [0.25, 0.3) is 0 Å². The van der Waals surface area contributed by atoms with Crippen LogP contribution in [-0.2, 0) is 10.2 Å². The Hall–Kier alpha value is -1.65. The number of hydrogen-bond donors (Lipinski definition) is 1. The number of carbonyl (C=O) groups excluding carboxylic acids is 1. The molecule has 5 rings (SSSR count). The van der Waals surface area contributed by atoms with E-state index in [0.717, 1.165) is 43.6 Å². The van der Waals surface area contributed by atoms with Crippen molar-refractivity contribution in [2.45, 2.75) is 56.2 Å². The lowest BCUT2D eigenvalue weighted by Crippen LogP contribution is -2.67. The Morgan fingerprint density at radius 3 is 2.88 bits per heavy atom. The average molecular weight is 338 g/mol. The third-order valence-electron chi connectivity index (χ3n) is 7.59. The van der Waals surface area contributed by atoms with Crippen LogP contribution in [0.2, 0.25) is 0 Å². The highest BCUT2D eigenvalue weighted by Gasteiger charge is 2.68. The Bertz CT molecular complexity index is 790. The summed E-state index contributed by atoms with van der Waals surface area (Å²) in [5.74, 6) is 0.153. The molecule has 1 spiro atoms. The number of benzene rings is 1. The monoisotopic (exact) mass is 338 g/mol. The summed E-state index contributed by atoms with van der Waals surface area (Å²) >= 11 is 0. The molecule has 4 aliphatic rings. The third kappa shape index (κ3) is 1.63. The fourth-order valence-electron chi connectivity index (χ4n) is 6.55. The largest absolute Gasteiger partial charge is 0.388 e. The van der Waals surface area contributed by atoms with E-state index in [4.69, 9.17) is 0 Å². The number of piperidine rings is 1. The molecule has 25 heavy (non-hydrogen) atoms. The van der Waals surface area contributed by atoms with Gasteiger partial charge in [0.05, 0.1) is 11.6 Å². The van der Waals surface area contributed by atoms with Gasteiger partial charge in [0.25, 0.3) is 0 Å². The molecule has 2 saturated heterocycles. The van der Waals surface area contributed by atoms with Crippen molar-refractivity contribution >= 4 is 11.6 Å². The summed E-state index contributed by atoms with van der Waals surface area (Å²) in [6, 6.07) is 8.78. The molecule has 0 aromatic heterocycles. The number of aliphatic hydroxyl groups is 1. The molecule has 3 aliphatic heterocycles.